The topological polar surface area (TPSA) is 41.0 Å². The Morgan fingerprint density at radius 3 is 2.95 bits per heavy atom. The van der Waals surface area contributed by atoms with Gasteiger partial charge in [0, 0.05) is 19.1 Å². The SMILES string of the molecule is O=c1c2ccsc2[nH]c(=S)n1C1CCN(C2CC2)C1. The molecule has 1 saturated carbocycles. The number of aromatic nitrogens is 2. The molecule has 0 bridgehead atoms. The van der Waals surface area contributed by atoms with Crippen molar-refractivity contribution in [2.75, 3.05) is 13.1 Å². The zero-order valence-electron chi connectivity index (χ0n) is 10.5. The predicted octanol–water partition coefficient (Wildman–Crippen LogP) is 2.53. The Balaban J connectivity index is 1.78. The van der Waals surface area contributed by atoms with E-state index in [1.807, 2.05) is 11.4 Å². The zero-order valence-corrected chi connectivity index (χ0v) is 12.1. The minimum absolute atomic E-state index is 0.0719. The molecule has 0 amide bonds. The lowest BCUT2D eigenvalue weighted by Gasteiger charge is -2.16. The molecule has 1 aliphatic heterocycles. The van der Waals surface area contributed by atoms with Crippen LogP contribution < -0.4 is 5.56 Å². The third kappa shape index (κ3) is 1.89. The molecule has 4 nitrogen and oxygen atoms in total. The fourth-order valence-corrected chi connectivity index (χ4v) is 4.21. The van der Waals surface area contributed by atoms with Gasteiger partial charge >= 0.3 is 0 Å². The van der Waals surface area contributed by atoms with Gasteiger partial charge in [0.25, 0.3) is 5.56 Å². The standard InChI is InChI=1S/C13H15N3OS2/c17-12-10-4-6-19-11(10)14-13(18)16(12)9-3-5-15(7-9)8-1-2-8/h4,6,8-9H,1-3,5,7H2,(H,14,18). The number of nitrogens with zero attached hydrogens (tertiary/aromatic N) is 2. The number of aromatic amines is 1. The summed E-state index contributed by atoms with van der Waals surface area (Å²) in [5.41, 5.74) is 0.0719. The maximum atomic E-state index is 12.6. The Bertz CT molecular complexity index is 740. The summed E-state index contributed by atoms with van der Waals surface area (Å²) in [5.74, 6) is 0. The van der Waals surface area contributed by atoms with E-state index >= 15 is 0 Å². The summed E-state index contributed by atoms with van der Waals surface area (Å²) in [6.45, 7) is 2.07. The molecular formula is C13H15N3OS2. The largest absolute Gasteiger partial charge is 0.323 e. The van der Waals surface area contributed by atoms with Gasteiger partial charge < -0.3 is 4.98 Å². The molecule has 1 saturated heterocycles. The lowest BCUT2D eigenvalue weighted by Crippen LogP contribution is -2.29. The van der Waals surface area contributed by atoms with E-state index in [2.05, 4.69) is 9.88 Å². The van der Waals surface area contributed by atoms with Crippen molar-refractivity contribution in [1.29, 1.82) is 0 Å². The Hall–Kier alpha value is -0.980. The first-order valence-corrected chi connectivity index (χ1v) is 7.99. The van der Waals surface area contributed by atoms with Crippen LogP contribution in [0.1, 0.15) is 25.3 Å². The number of rotatable bonds is 2. The van der Waals surface area contributed by atoms with Crippen molar-refractivity contribution in [3.63, 3.8) is 0 Å². The second-order valence-corrected chi connectivity index (χ2v) is 6.74. The fraction of sp³-hybridized carbons (Fsp3) is 0.538. The summed E-state index contributed by atoms with van der Waals surface area (Å²) in [4.78, 5) is 19.1. The fourth-order valence-electron chi connectivity index (χ4n) is 3.04. The monoisotopic (exact) mass is 293 g/mol. The van der Waals surface area contributed by atoms with Crippen LogP contribution in [-0.2, 0) is 0 Å². The van der Waals surface area contributed by atoms with Crippen molar-refractivity contribution in [1.82, 2.24) is 14.5 Å². The number of likely N-dealkylation sites (tertiary alicyclic amines) is 1. The zero-order chi connectivity index (χ0) is 13.0. The third-order valence-corrected chi connectivity index (χ3v) is 5.31. The maximum Gasteiger partial charge on any atom is 0.263 e. The van der Waals surface area contributed by atoms with E-state index in [1.54, 1.807) is 4.57 Å². The van der Waals surface area contributed by atoms with E-state index in [0.717, 1.165) is 35.8 Å². The maximum absolute atomic E-state index is 12.6. The Morgan fingerprint density at radius 1 is 1.32 bits per heavy atom. The molecule has 0 radical (unpaired) electrons. The van der Waals surface area contributed by atoms with E-state index in [1.165, 1.54) is 24.2 Å². The van der Waals surface area contributed by atoms with Gasteiger partial charge in [0.2, 0.25) is 0 Å². The van der Waals surface area contributed by atoms with Gasteiger partial charge in [-0.2, -0.15) is 0 Å². The lowest BCUT2D eigenvalue weighted by atomic mass is 10.2. The molecule has 2 aromatic rings. The number of fused-ring (bicyclic) bond motifs is 1. The molecule has 4 rings (SSSR count). The van der Waals surface area contributed by atoms with Crippen LogP contribution in [0.3, 0.4) is 0 Å². The normalized spacial score (nSPS) is 24.3. The molecule has 2 aliphatic rings. The number of H-pyrrole nitrogens is 1. The first-order chi connectivity index (χ1) is 9.24. The smallest absolute Gasteiger partial charge is 0.263 e. The third-order valence-electron chi connectivity index (χ3n) is 4.18. The molecule has 0 spiro atoms. The summed E-state index contributed by atoms with van der Waals surface area (Å²) in [7, 11) is 0. The van der Waals surface area contributed by atoms with E-state index < -0.39 is 0 Å². The van der Waals surface area contributed by atoms with E-state index in [9.17, 15) is 4.79 Å². The quantitative estimate of drug-likeness (QED) is 0.865. The van der Waals surface area contributed by atoms with Crippen LogP contribution >= 0.6 is 23.6 Å². The molecule has 2 aromatic heterocycles. The predicted molar refractivity (Wildman–Crippen MR) is 79.5 cm³/mol. The Morgan fingerprint density at radius 2 is 2.16 bits per heavy atom. The van der Waals surface area contributed by atoms with Crippen LogP contribution in [0, 0.1) is 4.77 Å². The summed E-state index contributed by atoms with van der Waals surface area (Å²) < 4.78 is 2.37. The number of nitrogens with one attached hydrogen (secondary N) is 1. The van der Waals surface area contributed by atoms with Gasteiger partial charge in [0.15, 0.2) is 4.77 Å². The first-order valence-electron chi connectivity index (χ1n) is 6.70. The number of thiophene rings is 1. The summed E-state index contributed by atoms with van der Waals surface area (Å²) >= 11 is 6.92. The molecule has 1 aliphatic carbocycles. The van der Waals surface area contributed by atoms with E-state index in [0.29, 0.717) is 4.77 Å². The molecule has 3 heterocycles. The van der Waals surface area contributed by atoms with Crippen LogP contribution in [0.4, 0.5) is 0 Å². The highest BCUT2D eigenvalue weighted by molar-refractivity contribution is 7.71. The minimum Gasteiger partial charge on any atom is -0.323 e. The van der Waals surface area contributed by atoms with Gasteiger partial charge in [0.1, 0.15) is 4.83 Å². The van der Waals surface area contributed by atoms with Crippen LogP contribution in [0.5, 0.6) is 0 Å². The summed E-state index contributed by atoms with van der Waals surface area (Å²) in [6.07, 6.45) is 3.67. The lowest BCUT2D eigenvalue weighted by molar-refractivity contribution is 0.312. The van der Waals surface area contributed by atoms with Gasteiger partial charge in [-0.25, -0.2) is 0 Å². The van der Waals surface area contributed by atoms with Crippen molar-refractivity contribution >= 4 is 33.8 Å². The molecule has 1 unspecified atom stereocenters. The number of hydrogen-bond acceptors (Lipinski definition) is 4. The summed E-state index contributed by atoms with van der Waals surface area (Å²) in [6, 6.07) is 2.89. The average molecular weight is 293 g/mol. The van der Waals surface area contributed by atoms with Gasteiger partial charge in [0.05, 0.1) is 11.4 Å². The van der Waals surface area contributed by atoms with Crippen LogP contribution in [0.15, 0.2) is 16.2 Å². The molecule has 1 N–H and O–H groups in total. The second kappa shape index (κ2) is 4.26. The van der Waals surface area contributed by atoms with Gasteiger partial charge in [-0.15, -0.1) is 11.3 Å². The minimum atomic E-state index is 0.0719. The van der Waals surface area contributed by atoms with Crippen molar-refractivity contribution < 1.29 is 0 Å². The molecule has 0 aromatic carbocycles. The molecule has 1 atom stereocenters. The highest BCUT2D eigenvalue weighted by Crippen LogP contribution is 2.33. The molecule has 2 fully saturated rings. The van der Waals surface area contributed by atoms with Crippen molar-refractivity contribution in [2.45, 2.75) is 31.3 Å². The highest BCUT2D eigenvalue weighted by Gasteiger charge is 2.35. The molecule has 19 heavy (non-hydrogen) atoms. The number of hydrogen-bond donors (Lipinski definition) is 1. The van der Waals surface area contributed by atoms with Crippen LogP contribution in [0.2, 0.25) is 0 Å². The molecular weight excluding hydrogens is 278 g/mol. The van der Waals surface area contributed by atoms with Gasteiger partial charge in [-0.1, -0.05) is 0 Å². The second-order valence-electron chi connectivity index (χ2n) is 5.44. The van der Waals surface area contributed by atoms with Crippen molar-refractivity contribution in [3.05, 3.63) is 26.6 Å². The van der Waals surface area contributed by atoms with Crippen molar-refractivity contribution in [3.8, 4) is 0 Å². The van der Waals surface area contributed by atoms with Crippen molar-refractivity contribution in [2.24, 2.45) is 0 Å². The molecule has 100 valence electrons. The summed E-state index contributed by atoms with van der Waals surface area (Å²) in [5, 5.41) is 2.70. The Kier molecular flexibility index (Phi) is 2.65. The van der Waals surface area contributed by atoms with Gasteiger partial charge in [-0.05, 0) is 42.9 Å². The van der Waals surface area contributed by atoms with Gasteiger partial charge in [-0.3, -0.25) is 14.3 Å². The molecule has 6 heteroatoms. The van der Waals surface area contributed by atoms with Crippen LogP contribution in [-0.4, -0.2) is 33.6 Å². The average Bonchev–Trinajstić information content (AvgIpc) is 2.94. The van der Waals surface area contributed by atoms with E-state index in [-0.39, 0.29) is 11.6 Å². The highest BCUT2D eigenvalue weighted by atomic mass is 32.1. The first kappa shape index (κ1) is 11.8. The van der Waals surface area contributed by atoms with E-state index in [4.69, 9.17) is 12.2 Å². The Labute approximate surface area is 119 Å². The van der Waals surface area contributed by atoms with Crippen LogP contribution in [0.25, 0.3) is 10.2 Å².